The van der Waals surface area contributed by atoms with E-state index in [4.69, 9.17) is 5.11 Å². The Morgan fingerprint density at radius 2 is 2.16 bits per heavy atom. The lowest BCUT2D eigenvalue weighted by atomic mass is 10.2. The van der Waals surface area contributed by atoms with Crippen molar-refractivity contribution in [2.75, 3.05) is 0 Å². The van der Waals surface area contributed by atoms with Gasteiger partial charge < -0.3 is 5.11 Å². The molecule has 19 heavy (non-hydrogen) atoms. The Hall–Kier alpha value is -2.21. The molecule has 3 aromatic heterocycles. The van der Waals surface area contributed by atoms with Gasteiger partial charge in [-0.25, -0.2) is 9.48 Å². The molecule has 0 aromatic carbocycles. The van der Waals surface area contributed by atoms with Crippen LogP contribution in [-0.2, 0) is 6.42 Å². The molecule has 0 saturated carbocycles. The fraction of sp³-hybridized carbons (Fsp3) is 0.154. The molecule has 5 nitrogen and oxygen atoms in total. The van der Waals surface area contributed by atoms with Crippen molar-refractivity contribution in [1.29, 1.82) is 0 Å². The van der Waals surface area contributed by atoms with E-state index < -0.39 is 5.97 Å². The number of rotatable bonds is 3. The molecule has 0 spiro atoms. The van der Waals surface area contributed by atoms with E-state index in [0.717, 1.165) is 28.0 Å². The van der Waals surface area contributed by atoms with E-state index in [0.29, 0.717) is 4.88 Å². The first-order valence-electron chi connectivity index (χ1n) is 5.86. The number of aromatic nitrogens is 3. The first-order valence-corrected chi connectivity index (χ1v) is 6.67. The number of nitrogens with zero attached hydrogens (tertiary/aromatic N) is 3. The minimum atomic E-state index is -0.899. The van der Waals surface area contributed by atoms with E-state index in [2.05, 4.69) is 10.1 Å². The van der Waals surface area contributed by atoms with Crippen molar-refractivity contribution in [3.8, 4) is 5.69 Å². The molecular weight excluding hydrogens is 262 g/mol. The summed E-state index contributed by atoms with van der Waals surface area (Å²) in [6.07, 6.45) is 4.16. The predicted octanol–water partition coefficient (Wildman–Crippen LogP) is 2.74. The molecule has 6 heteroatoms. The number of fused-ring (bicyclic) bond motifs is 1. The number of carboxylic acids is 1. The highest BCUT2D eigenvalue weighted by Gasteiger charge is 2.17. The van der Waals surface area contributed by atoms with Gasteiger partial charge in [0.25, 0.3) is 0 Å². The third kappa shape index (κ3) is 1.90. The van der Waals surface area contributed by atoms with E-state index >= 15 is 0 Å². The van der Waals surface area contributed by atoms with Gasteiger partial charge >= 0.3 is 5.97 Å². The number of hydrogen-bond donors (Lipinski definition) is 1. The molecule has 0 amide bonds. The lowest BCUT2D eigenvalue weighted by Crippen LogP contribution is -1.97. The van der Waals surface area contributed by atoms with Crippen LogP contribution in [0.25, 0.3) is 15.9 Å². The minimum absolute atomic E-state index is 0.338. The largest absolute Gasteiger partial charge is 0.477 e. The van der Waals surface area contributed by atoms with Crippen LogP contribution < -0.4 is 0 Å². The van der Waals surface area contributed by atoms with Crippen LogP contribution in [0.1, 0.15) is 22.3 Å². The molecule has 0 aliphatic carbocycles. The van der Waals surface area contributed by atoms with Crippen LogP contribution in [0, 0.1) is 0 Å². The van der Waals surface area contributed by atoms with E-state index in [1.165, 1.54) is 11.3 Å². The summed E-state index contributed by atoms with van der Waals surface area (Å²) in [5.74, 6) is -0.899. The van der Waals surface area contributed by atoms with Gasteiger partial charge in [0.15, 0.2) is 0 Å². The molecule has 0 saturated heterocycles. The summed E-state index contributed by atoms with van der Waals surface area (Å²) in [4.78, 5) is 16.3. The van der Waals surface area contributed by atoms with Gasteiger partial charge in [0.05, 0.1) is 11.4 Å². The highest BCUT2D eigenvalue weighted by atomic mass is 32.1. The predicted molar refractivity (Wildman–Crippen MR) is 73.1 cm³/mol. The average molecular weight is 273 g/mol. The summed E-state index contributed by atoms with van der Waals surface area (Å²) in [5, 5.41) is 14.6. The number of carboxylic acid groups (broad SMARTS) is 1. The molecule has 0 unspecified atom stereocenters. The Balaban J connectivity index is 2.27. The zero-order valence-corrected chi connectivity index (χ0v) is 11.0. The van der Waals surface area contributed by atoms with Crippen molar-refractivity contribution in [3.05, 3.63) is 41.2 Å². The SMILES string of the molecule is CCc1nn(-c2ccncc2)c2sc(C(=O)O)cc12. The maximum atomic E-state index is 11.1. The summed E-state index contributed by atoms with van der Waals surface area (Å²) in [6.45, 7) is 2.01. The van der Waals surface area contributed by atoms with Gasteiger partial charge in [-0.1, -0.05) is 6.92 Å². The second-order valence-electron chi connectivity index (χ2n) is 4.05. The molecule has 0 atom stereocenters. The van der Waals surface area contributed by atoms with Gasteiger partial charge in [-0.15, -0.1) is 11.3 Å². The van der Waals surface area contributed by atoms with Crippen LogP contribution in [0.2, 0.25) is 0 Å². The van der Waals surface area contributed by atoms with Crippen molar-refractivity contribution >= 4 is 27.5 Å². The molecule has 0 aliphatic heterocycles. The molecule has 3 heterocycles. The normalized spacial score (nSPS) is 11.0. The fourth-order valence-electron chi connectivity index (χ4n) is 1.99. The van der Waals surface area contributed by atoms with E-state index in [-0.39, 0.29) is 0 Å². The van der Waals surface area contributed by atoms with Gasteiger partial charge in [0.1, 0.15) is 9.71 Å². The van der Waals surface area contributed by atoms with Gasteiger partial charge in [-0.05, 0) is 24.6 Å². The van der Waals surface area contributed by atoms with Gasteiger partial charge in [0, 0.05) is 17.8 Å². The van der Waals surface area contributed by atoms with E-state index in [1.807, 2.05) is 19.1 Å². The van der Waals surface area contributed by atoms with Crippen LogP contribution in [-0.4, -0.2) is 25.8 Å². The van der Waals surface area contributed by atoms with Gasteiger partial charge in [-0.3, -0.25) is 4.98 Å². The topological polar surface area (TPSA) is 68.0 Å². The quantitative estimate of drug-likeness (QED) is 0.796. The molecule has 0 fully saturated rings. The van der Waals surface area contributed by atoms with Crippen LogP contribution in [0.4, 0.5) is 0 Å². The second kappa shape index (κ2) is 4.47. The van der Waals surface area contributed by atoms with Crippen LogP contribution in [0.5, 0.6) is 0 Å². The van der Waals surface area contributed by atoms with E-state index in [9.17, 15) is 4.79 Å². The maximum Gasteiger partial charge on any atom is 0.345 e. The summed E-state index contributed by atoms with van der Waals surface area (Å²) in [7, 11) is 0. The first kappa shape index (κ1) is 11.9. The molecular formula is C13H11N3O2S. The lowest BCUT2D eigenvalue weighted by Gasteiger charge is -2.00. The number of pyridine rings is 1. The molecule has 3 aromatic rings. The molecule has 1 N–H and O–H groups in total. The third-order valence-electron chi connectivity index (χ3n) is 2.89. The lowest BCUT2D eigenvalue weighted by molar-refractivity contribution is 0.0702. The van der Waals surface area contributed by atoms with Gasteiger partial charge in [-0.2, -0.15) is 5.10 Å². The molecule has 0 bridgehead atoms. The van der Waals surface area contributed by atoms with Crippen molar-refractivity contribution in [2.45, 2.75) is 13.3 Å². The summed E-state index contributed by atoms with van der Waals surface area (Å²) in [5.41, 5.74) is 1.80. The fourth-order valence-corrected chi connectivity index (χ4v) is 2.98. The number of aromatic carboxylic acids is 1. The van der Waals surface area contributed by atoms with Crippen LogP contribution in [0.15, 0.2) is 30.6 Å². The van der Waals surface area contributed by atoms with Gasteiger partial charge in [0.2, 0.25) is 0 Å². The average Bonchev–Trinajstić information content (AvgIpc) is 2.98. The maximum absolute atomic E-state index is 11.1. The van der Waals surface area contributed by atoms with Crippen LogP contribution >= 0.6 is 11.3 Å². The summed E-state index contributed by atoms with van der Waals surface area (Å²) >= 11 is 1.24. The third-order valence-corrected chi connectivity index (χ3v) is 3.99. The molecule has 0 radical (unpaired) electrons. The Bertz CT molecular complexity index is 746. The number of carbonyl (C=O) groups is 1. The number of hydrogen-bond acceptors (Lipinski definition) is 4. The highest BCUT2D eigenvalue weighted by Crippen LogP contribution is 2.30. The Morgan fingerprint density at radius 1 is 1.42 bits per heavy atom. The standard InChI is InChI=1S/C13H11N3O2S/c1-2-10-9-7-11(13(17)18)19-12(9)16(15-10)8-3-5-14-6-4-8/h3-7H,2H2,1H3,(H,17,18). The first-order chi connectivity index (χ1) is 9.20. The number of aryl methyl sites for hydroxylation is 1. The molecule has 3 rings (SSSR count). The number of thiophene rings is 1. The van der Waals surface area contributed by atoms with E-state index in [1.54, 1.807) is 23.1 Å². The van der Waals surface area contributed by atoms with Crippen molar-refractivity contribution in [3.63, 3.8) is 0 Å². The summed E-state index contributed by atoms with van der Waals surface area (Å²) in [6, 6.07) is 5.41. The Kier molecular flexibility index (Phi) is 2.79. The van der Waals surface area contributed by atoms with Crippen molar-refractivity contribution in [2.24, 2.45) is 0 Å². The second-order valence-corrected chi connectivity index (χ2v) is 5.08. The Labute approximate surface area is 113 Å². The monoisotopic (exact) mass is 273 g/mol. The smallest absolute Gasteiger partial charge is 0.345 e. The van der Waals surface area contributed by atoms with Crippen molar-refractivity contribution in [1.82, 2.24) is 14.8 Å². The molecule has 96 valence electrons. The summed E-state index contributed by atoms with van der Waals surface area (Å²) < 4.78 is 1.78. The zero-order chi connectivity index (χ0) is 13.4. The van der Waals surface area contributed by atoms with Crippen molar-refractivity contribution < 1.29 is 9.90 Å². The minimum Gasteiger partial charge on any atom is -0.477 e. The Morgan fingerprint density at radius 3 is 2.79 bits per heavy atom. The highest BCUT2D eigenvalue weighted by molar-refractivity contribution is 7.20. The zero-order valence-electron chi connectivity index (χ0n) is 10.2. The molecule has 0 aliphatic rings. The van der Waals surface area contributed by atoms with Crippen LogP contribution in [0.3, 0.4) is 0 Å².